The van der Waals surface area contributed by atoms with Gasteiger partial charge in [0.25, 0.3) is 0 Å². The number of nitrogens with one attached hydrogen (secondary N) is 2. The molecule has 128 valence electrons. The summed E-state index contributed by atoms with van der Waals surface area (Å²) in [5.74, 6) is 0.237. The third-order valence-corrected chi connectivity index (χ3v) is 3.91. The highest BCUT2D eigenvalue weighted by Crippen LogP contribution is 2.19. The Morgan fingerprint density at radius 2 is 2.12 bits per heavy atom. The van der Waals surface area contributed by atoms with Gasteiger partial charge in [0.05, 0.1) is 6.10 Å². The molecule has 1 aromatic heterocycles. The number of hydrogen-bond acceptors (Lipinski definition) is 5. The fraction of sp³-hybridized carbons (Fsp3) is 0.471. The van der Waals surface area contributed by atoms with E-state index in [0.717, 1.165) is 19.4 Å². The van der Waals surface area contributed by atoms with E-state index >= 15 is 0 Å². The van der Waals surface area contributed by atoms with E-state index in [4.69, 9.17) is 9.15 Å². The number of aromatic nitrogens is 1. The first-order valence-corrected chi connectivity index (χ1v) is 8.15. The van der Waals surface area contributed by atoms with E-state index in [0.29, 0.717) is 29.2 Å². The fourth-order valence-corrected chi connectivity index (χ4v) is 2.69. The molecule has 0 aliphatic carbocycles. The Bertz CT molecular complexity index is 735. The highest BCUT2D eigenvalue weighted by Gasteiger charge is 2.16. The van der Waals surface area contributed by atoms with Crippen LogP contribution in [0.25, 0.3) is 11.1 Å². The summed E-state index contributed by atoms with van der Waals surface area (Å²) in [6, 6.07) is 5.27. The summed E-state index contributed by atoms with van der Waals surface area (Å²) in [6.45, 7) is 3.05. The summed E-state index contributed by atoms with van der Waals surface area (Å²) >= 11 is 0. The zero-order valence-electron chi connectivity index (χ0n) is 13.6. The number of ether oxygens (including phenoxy) is 1. The van der Waals surface area contributed by atoms with Crippen LogP contribution in [0.5, 0.6) is 0 Å². The second kappa shape index (κ2) is 7.44. The Kier molecular flexibility index (Phi) is 5.10. The van der Waals surface area contributed by atoms with Gasteiger partial charge in [-0.15, -0.1) is 0 Å². The standard InChI is InChI=1S/C17H21N3O4/c1-11-19-14-9-12(4-5-15(14)24-11)20-17(22)7-6-16(21)18-10-13-3-2-8-23-13/h4-5,9,13H,2-3,6-8,10H2,1H3,(H,18,21)(H,20,22)/t13-/m1/s1. The Morgan fingerprint density at radius 3 is 2.92 bits per heavy atom. The molecule has 1 aliphatic heterocycles. The summed E-state index contributed by atoms with van der Waals surface area (Å²) in [6.07, 6.45) is 2.42. The van der Waals surface area contributed by atoms with Crippen LogP contribution < -0.4 is 10.6 Å². The molecule has 7 nitrogen and oxygen atoms in total. The van der Waals surface area contributed by atoms with Gasteiger partial charge in [0.15, 0.2) is 11.5 Å². The molecule has 1 aliphatic rings. The third kappa shape index (κ3) is 4.32. The summed E-state index contributed by atoms with van der Waals surface area (Å²) in [7, 11) is 0. The molecule has 0 spiro atoms. The van der Waals surface area contributed by atoms with Crippen LogP contribution in [-0.2, 0) is 14.3 Å². The van der Waals surface area contributed by atoms with Gasteiger partial charge in [-0.25, -0.2) is 4.98 Å². The number of amides is 2. The van der Waals surface area contributed by atoms with Crippen molar-refractivity contribution in [3.8, 4) is 0 Å². The van der Waals surface area contributed by atoms with Gasteiger partial charge in [-0.1, -0.05) is 0 Å². The lowest BCUT2D eigenvalue weighted by atomic mass is 10.2. The van der Waals surface area contributed by atoms with E-state index in [2.05, 4.69) is 15.6 Å². The van der Waals surface area contributed by atoms with Gasteiger partial charge in [0, 0.05) is 38.6 Å². The quantitative estimate of drug-likeness (QED) is 0.846. The maximum atomic E-state index is 12.0. The molecule has 0 radical (unpaired) electrons. The van der Waals surface area contributed by atoms with Crippen molar-refractivity contribution in [3.05, 3.63) is 24.1 Å². The van der Waals surface area contributed by atoms with Gasteiger partial charge in [0.2, 0.25) is 11.8 Å². The minimum absolute atomic E-state index is 0.112. The molecule has 1 fully saturated rings. The molecule has 24 heavy (non-hydrogen) atoms. The summed E-state index contributed by atoms with van der Waals surface area (Å²) in [5.41, 5.74) is 2.01. The number of hydrogen-bond donors (Lipinski definition) is 2. The van der Waals surface area contributed by atoms with Gasteiger partial charge in [-0.05, 0) is 31.0 Å². The van der Waals surface area contributed by atoms with E-state index < -0.39 is 0 Å². The van der Waals surface area contributed by atoms with Crippen molar-refractivity contribution in [1.29, 1.82) is 0 Å². The van der Waals surface area contributed by atoms with Crippen molar-refractivity contribution >= 4 is 28.6 Å². The number of nitrogens with zero attached hydrogens (tertiary/aromatic N) is 1. The first-order valence-electron chi connectivity index (χ1n) is 8.15. The normalized spacial score (nSPS) is 17.1. The van der Waals surface area contributed by atoms with E-state index in [-0.39, 0.29) is 30.8 Å². The fourth-order valence-electron chi connectivity index (χ4n) is 2.69. The molecule has 2 N–H and O–H groups in total. The molecule has 1 atom stereocenters. The van der Waals surface area contributed by atoms with Crippen molar-refractivity contribution in [2.24, 2.45) is 0 Å². The molecule has 1 saturated heterocycles. The number of aryl methyl sites for hydroxylation is 1. The molecule has 2 aromatic rings. The average molecular weight is 331 g/mol. The van der Waals surface area contributed by atoms with Crippen molar-refractivity contribution < 1.29 is 18.7 Å². The van der Waals surface area contributed by atoms with Gasteiger partial charge in [0.1, 0.15) is 5.52 Å². The largest absolute Gasteiger partial charge is 0.441 e. The second-order valence-corrected chi connectivity index (χ2v) is 5.90. The minimum Gasteiger partial charge on any atom is -0.441 e. The van der Waals surface area contributed by atoms with E-state index in [1.54, 1.807) is 25.1 Å². The molecule has 0 saturated carbocycles. The average Bonchev–Trinajstić information content (AvgIpc) is 3.18. The lowest BCUT2D eigenvalue weighted by molar-refractivity contribution is -0.124. The zero-order valence-corrected chi connectivity index (χ0v) is 13.6. The Hall–Kier alpha value is -2.41. The van der Waals surface area contributed by atoms with Crippen LogP contribution in [-0.4, -0.2) is 36.1 Å². The van der Waals surface area contributed by atoms with Crippen LogP contribution in [0.1, 0.15) is 31.6 Å². The molecular weight excluding hydrogens is 310 g/mol. The van der Waals surface area contributed by atoms with Gasteiger partial charge in [-0.3, -0.25) is 9.59 Å². The van der Waals surface area contributed by atoms with Gasteiger partial charge in [-0.2, -0.15) is 0 Å². The molecule has 2 amide bonds. The molecule has 3 rings (SSSR count). The van der Waals surface area contributed by atoms with Crippen LogP contribution >= 0.6 is 0 Å². The molecule has 0 bridgehead atoms. The number of fused-ring (bicyclic) bond motifs is 1. The molecular formula is C17H21N3O4. The van der Waals surface area contributed by atoms with Crippen LogP contribution in [0.15, 0.2) is 22.6 Å². The maximum Gasteiger partial charge on any atom is 0.224 e. The lowest BCUT2D eigenvalue weighted by Gasteiger charge is -2.10. The van der Waals surface area contributed by atoms with Crippen LogP contribution in [0.3, 0.4) is 0 Å². The SMILES string of the molecule is Cc1nc2cc(NC(=O)CCC(=O)NC[C@H]3CCCO3)ccc2o1. The number of carbonyl (C=O) groups is 2. The second-order valence-electron chi connectivity index (χ2n) is 5.90. The summed E-state index contributed by atoms with van der Waals surface area (Å²) < 4.78 is 10.8. The van der Waals surface area contributed by atoms with E-state index in [1.165, 1.54) is 0 Å². The smallest absolute Gasteiger partial charge is 0.224 e. The molecule has 0 unspecified atom stereocenters. The van der Waals surface area contributed by atoms with Crippen LogP contribution in [0.2, 0.25) is 0 Å². The van der Waals surface area contributed by atoms with E-state index in [1.807, 2.05) is 0 Å². The number of carbonyl (C=O) groups excluding carboxylic acids is 2. The highest BCUT2D eigenvalue weighted by molar-refractivity contribution is 5.94. The number of oxazole rings is 1. The van der Waals surface area contributed by atoms with Gasteiger partial charge < -0.3 is 19.8 Å². The molecule has 2 heterocycles. The monoisotopic (exact) mass is 331 g/mol. The number of benzene rings is 1. The zero-order chi connectivity index (χ0) is 16.9. The van der Waals surface area contributed by atoms with Crippen molar-refractivity contribution in [3.63, 3.8) is 0 Å². The molecule has 7 heteroatoms. The van der Waals surface area contributed by atoms with Crippen LogP contribution in [0.4, 0.5) is 5.69 Å². The summed E-state index contributed by atoms with van der Waals surface area (Å²) in [5, 5.41) is 5.58. The number of anilines is 1. The van der Waals surface area contributed by atoms with Crippen LogP contribution in [0, 0.1) is 6.92 Å². The molecule has 1 aromatic carbocycles. The maximum absolute atomic E-state index is 12.0. The first-order chi connectivity index (χ1) is 11.6. The predicted molar refractivity (Wildman–Crippen MR) is 88.6 cm³/mol. The first kappa shape index (κ1) is 16.4. The lowest BCUT2D eigenvalue weighted by Crippen LogP contribution is -2.32. The topological polar surface area (TPSA) is 93.5 Å². The van der Waals surface area contributed by atoms with Gasteiger partial charge >= 0.3 is 0 Å². The van der Waals surface area contributed by atoms with E-state index in [9.17, 15) is 9.59 Å². The minimum atomic E-state index is -0.207. The van der Waals surface area contributed by atoms with Crippen molar-refractivity contribution in [2.75, 3.05) is 18.5 Å². The Labute approximate surface area is 139 Å². The predicted octanol–water partition coefficient (Wildman–Crippen LogP) is 2.15. The number of rotatable bonds is 6. The summed E-state index contributed by atoms with van der Waals surface area (Å²) in [4.78, 5) is 27.9. The van der Waals surface area contributed by atoms with Crippen molar-refractivity contribution in [1.82, 2.24) is 10.3 Å². The van der Waals surface area contributed by atoms with Crippen molar-refractivity contribution in [2.45, 2.75) is 38.7 Å². The Balaban J connectivity index is 1.43. The third-order valence-electron chi connectivity index (χ3n) is 3.91. The Morgan fingerprint density at radius 1 is 1.29 bits per heavy atom. The highest BCUT2D eigenvalue weighted by atomic mass is 16.5.